The van der Waals surface area contributed by atoms with Crippen LogP contribution in [-0.4, -0.2) is 4.98 Å². The maximum atomic E-state index is 8.70. The van der Waals surface area contributed by atoms with Crippen LogP contribution in [-0.2, 0) is 6.54 Å². The summed E-state index contributed by atoms with van der Waals surface area (Å²) < 4.78 is 0. The minimum Gasteiger partial charge on any atom is -0.365 e. The Balaban J connectivity index is 2.00. The highest BCUT2D eigenvalue weighted by molar-refractivity contribution is 7.12. The van der Waals surface area contributed by atoms with Crippen molar-refractivity contribution in [1.82, 2.24) is 4.98 Å². The number of aromatic nitrogens is 1. The van der Waals surface area contributed by atoms with E-state index in [4.69, 9.17) is 5.26 Å². The van der Waals surface area contributed by atoms with E-state index >= 15 is 0 Å². The lowest BCUT2D eigenvalue weighted by Crippen LogP contribution is -1.99. The molecule has 0 atom stereocenters. The highest BCUT2D eigenvalue weighted by Gasteiger charge is 1.99. The number of nitrogens with zero attached hydrogens (tertiary/aromatic N) is 2. The third-order valence-electron chi connectivity index (χ3n) is 2.13. The van der Waals surface area contributed by atoms with Gasteiger partial charge in [0.2, 0.25) is 0 Å². The Kier molecular flexibility index (Phi) is 3.18. The molecule has 0 amide bonds. The molecule has 0 saturated carbocycles. The summed E-state index contributed by atoms with van der Waals surface area (Å²) in [5.74, 6) is 0.868. The van der Waals surface area contributed by atoms with Gasteiger partial charge in [-0.05, 0) is 36.8 Å². The van der Waals surface area contributed by atoms with E-state index in [1.807, 2.05) is 31.2 Å². The molecular weight excluding hydrogens is 218 g/mol. The fraction of sp³-hybridized carbons (Fsp3) is 0.167. The van der Waals surface area contributed by atoms with Gasteiger partial charge >= 0.3 is 0 Å². The van der Waals surface area contributed by atoms with Gasteiger partial charge in [-0.15, -0.1) is 11.3 Å². The zero-order chi connectivity index (χ0) is 11.4. The average molecular weight is 229 g/mol. The first-order valence-corrected chi connectivity index (χ1v) is 5.75. The van der Waals surface area contributed by atoms with E-state index in [9.17, 15) is 0 Å². The van der Waals surface area contributed by atoms with E-state index in [2.05, 4.69) is 16.4 Å². The van der Waals surface area contributed by atoms with Crippen molar-refractivity contribution < 1.29 is 0 Å². The number of hydrogen-bond donors (Lipinski definition) is 1. The minimum atomic E-state index is 0.711. The SMILES string of the molecule is Cc1ccnc(NCc2ccc(C#N)s2)c1. The third kappa shape index (κ3) is 2.59. The Morgan fingerprint density at radius 1 is 1.44 bits per heavy atom. The molecule has 0 aromatic carbocycles. The maximum absolute atomic E-state index is 8.70. The molecule has 0 saturated heterocycles. The summed E-state index contributed by atoms with van der Waals surface area (Å²) in [6, 6.07) is 9.89. The van der Waals surface area contributed by atoms with Crippen LogP contribution in [0.2, 0.25) is 0 Å². The highest BCUT2D eigenvalue weighted by atomic mass is 32.1. The molecule has 2 aromatic heterocycles. The molecule has 0 aliphatic rings. The van der Waals surface area contributed by atoms with Gasteiger partial charge in [0.15, 0.2) is 0 Å². The largest absolute Gasteiger partial charge is 0.365 e. The number of nitrogens with one attached hydrogen (secondary N) is 1. The van der Waals surface area contributed by atoms with Crippen molar-refractivity contribution in [3.8, 4) is 6.07 Å². The number of rotatable bonds is 3. The van der Waals surface area contributed by atoms with Crippen molar-refractivity contribution in [2.75, 3.05) is 5.32 Å². The number of thiophene rings is 1. The second-order valence-corrected chi connectivity index (χ2v) is 4.62. The van der Waals surface area contributed by atoms with Gasteiger partial charge < -0.3 is 5.32 Å². The predicted octanol–water partition coefficient (Wildman–Crippen LogP) is 2.94. The summed E-state index contributed by atoms with van der Waals surface area (Å²) >= 11 is 1.50. The lowest BCUT2D eigenvalue weighted by Gasteiger charge is -2.03. The van der Waals surface area contributed by atoms with Crippen LogP contribution in [0.4, 0.5) is 5.82 Å². The second-order valence-electron chi connectivity index (χ2n) is 3.45. The Bertz CT molecular complexity index is 525. The van der Waals surface area contributed by atoms with Crippen molar-refractivity contribution in [1.29, 1.82) is 5.26 Å². The number of nitriles is 1. The van der Waals surface area contributed by atoms with Crippen LogP contribution in [0.15, 0.2) is 30.5 Å². The molecule has 2 rings (SSSR count). The molecule has 0 unspecified atom stereocenters. The lowest BCUT2D eigenvalue weighted by atomic mass is 10.3. The van der Waals surface area contributed by atoms with Crippen molar-refractivity contribution in [3.05, 3.63) is 45.8 Å². The van der Waals surface area contributed by atoms with Crippen molar-refractivity contribution >= 4 is 17.2 Å². The fourth-order valence-corrected chi connectivity index (χ4v) is 2.09. The van der Waals surface area contributed by atoms with Gasteiger partial charge in [0.25, 0.3) is 0 Å². The molecule has 80 valence electrons. The maximum Gasteiger partial charge on any atom is 0.126 e. The molecule has 0 aliphatic heterocycles. The van der Waals surface area contributed by atoms with Gasteiger partial charge in [0, 0.05) is 11.1 Å². The molecule has 0 aliphatic carbocycles. The number of aryl methyl sites for hydroxylation is 1. The molecule has 2 heterocycles. The Hall–Kier alpha value is -1.86. The Labute approximate surface area is 98.4 Å². The standard InChI is InChI=1S/C12H11N3S/c1-9-4-5-14-12(6-9)15-8-11-3-2-10(7-13)16-11/h2-6H,8H2,1H3,(H,14,15). The van der Waals surface area contributed by atoms with Crippen LogP contribution in [0, 0.1) is 18.3 Å². The van der Waals surface area contributed by atoms with Crippen LogP contribution in [0.1, 0.15) is 15.3 Å². The van der Waals surface area contributed by atoms with E-state index < -0.39 is 0 Å². The zero-order valence-electron chi connectivity index (χ0n) is 8.90. The molecule has 16 heavy (non-hydrogen) atoms. The van der Waals surface area contributed by atoms with E-state index in [1.54, 1.807) is 6.20 Å². The van der Waals surface area contributed by atoms with Crippen molar-refractivity contribution in [2.24, 2.45) is 0 Å². The van der Waals surface area contributed by atoms with E-state index in [0.29, 0.717) is 6.54 Å². The summed E-state index contributed by atoms with van der Waals surface area (Å²) in [5, 5.41) is 11.9. The highest BCUT2D eigenvalue weighted by Crippen LogP contribution is 2.16. The molecule has 0 bridgehead atoms. The molecular formula is C12H11N3S. The molecule has 0 fully saturated rings. The lowest BCUT2D eigenvalue weighted by molar-refractivity contribution is 1.13. The summed E-state index contributed by atoms with van der Waals surface area (Å²) in [6.45, 7) is 2.74. The average Bonchev–Trinajstić information content (AvgIpc) is 2.74. The molecule has 0 spiro atoms. The summed E-state index contributed by atoms with van der Waals surface area (Å²) in [6.07, 6.45) is 1.78. The fourth-order valence-electron chi connectivity index (χ4n) is 1.34. The Morgan fingerprint density at radius 2 is 2.31 bits per heavy atom. The van der Waals surface area contributed by atoms with Crippen LogP contribution in [0.5, 0.6) is 0 Å². The van der Waals surface area contributed by atoms with Gasteiger partial charge in [-0.1, -0.05) is 0 Å². The van der Waals surface area contributed by atoms with Gasteiger partial charge in [-0.3, -0.25) is 0 Å². The molecule has 3 nitrogen and oxygen atoms in total. The Morgan fingerprint density at radius 3 is 3.00 bits per heavy atom. The first-order chi connectivity index (χ1) is 7.78. The van der Waals surface area contributed by atoms with Gasteiger partial charge in [-0.2, -0.15) is 5.26 Å². The van der Waals surface area contributed by atoms with Gasteiger partial charge in [0.1, 0.15) is 16.8 Å². The second kappa shape index (κ2) is 4.77. The first kappa shape index (κ1) is 10.7. The van der Waals surface area contributed by atoms with Gasteiger partial charge in [0.05, 0.1) is 6.54 Å². The van der Waals surface area contributed by atoms with Crippen LogP contribution in [0.3, 0.4) is 0 Å². The number of anilines is 1. The minimum absolute atomic E-state index is 0.711. The van der Waals surface area contributed by atoms with E-state index in [-0.39, 0.29) is 0 Å². The topological polar surface area (TPSA) is 48.7 Å². The van der Waals surface area contributed by atoms with Crippen LogP contribution >= 0.6 is 11.3 Å². The molecule has 1 N–H and O–H groups in total. The third-order valence-corrected chi connectivity index (χ3v) is 3.12. The quantitative estimate of drug-likeness (QED) is 0.880. The predicted molar refractivity (Wildman–Crippen MR) is 65.3 cm³/mol. The molecule has 0 radical (unpaired) electrons. The van der Waals surface area contributed by atoms with Crippen molar-refractivity contribution in [2.45, 2.75) is 13.5 Å². The van der Waals surface area contributed by atoms with Crippen LogP contribution in [0.25, 0.3) is 0 Å². The van der Waals surface area contributed by atoms with Gasteiger partial charge in [-0.25, -0.2) is 4.98 Å². The molecule has 2 aromatic rings. The molecule has 4 heteroatoms. The number of hydrogen-bond acceptors (Lipinski definition) is 4. The summed E-state index contributed by atoms with van der Waals surface area (Å²) in [5.41, 5.74) is 1.18. The van der Waals surface area contributed by atoms with E-state index in [0.717, 1.165) is 15.6 Å². The normalized spacial score (nSPS) is 9.75. The van der Waals surface area contributed by atoms with E-state index in [1.165, 1.54) is 16.9 Å². The summed E-state index contributed by atoms with van der Waals surface area (Å²) in [4.78, 5) is 6.09. The number of pyridine rings is 1. The zero-order valence-corrected chi connectivity index (χ0v) is 9.71. The smallest absolute Gasteiger partial charge is 0.126 e. The van der Waals surface area contributed by atoms with Crippen molar-refractivity contribution in [3.63, 3.8) is 0 Å². The summed E-state index contributed by atoms with van der Waals surface area (Å²) in [7, 11) is 0. The first-order valence-electron chi connectivity index (χ1n) is 4.93. The monoisotopic (exact) mass is 229 g/mol. The van der Waals surface area contributed by atoms with Crippen LogP contribution < -0.4 is 5.32 Å².